The topological polar surface area (TPSA) is 140 Å². The van der Waals surface area contributed by atoms with Crippen molar-refractivity contribution in [2.75, 3.05) is 20.1 Å². The highest BCUT2D eigenvalue weighted by Crippen LogP contribution is 2.35. The number of amides is 1. The molecule has 0 unspecified atom stereocenters. The Morgan fingerprint density at radius 3 is 2.42 bits per heavy atom. The molecule has 0 saturated carbocycles. The Bertz CT molecular complexity index is 1650. The number of likely N-dealkylation sites (N-methyl/N-ethyl adjacent to an activating group) is 1. The van der Waals surface area contributed by atoms with Gasteiger partial charge in [-0.3, -0.25) is 4.90 Å². The van der Waals surface area contributed by atoms with E-state index in [9.17, 15) is 23.2 Å². The first-order valence-electron chi connectivity index (χ1n) is 15.8. The number of hydrogen-bond acceptors (Lipinski definition) is 11. The third-order valence-corrected chi connectivity index (χ3v) is 8.46. The van der Waals surface area contributed by atoms with Gasteiger partial charge in [-0.1, -0.05) is 11.2 Å². The van der Waals surface area contributed by atoms with Crippen molar-refractivity contribution in [3.63, 3.8) is 0 Å². The van der Waals surface area contributed by atoms with E-state index in [0.717, 1.165) is 12.1 Å². The molecule has 0 bridgehead atoms. The van der Waals surface area contributed by atoms with Crippen LogP contribution in [0, 0.1) is 23.0 Å². The minimum atomic E-state index is -1.33. The second-order valence-electron chi connectivity index (χ2n) is 13.8. The first-order chi connectivity index (χ1) is 22.5. The fourth-order valence-electron chi connectivity index (χ4n) is 6.15. The van der Waals surface area contributed by atoms with Gasteiger partial charge in [0.1, 0.15) is 35.6 Å². The predicted octanol–water partition coefficient (Wildman–Crippen LogP) is 5.61. The zero-order valence-electron chi connectivity index (χ0n) is 28.0. The largest absolute Gasteiger partial charge is 0.473 e. The van der Waals surface area contributed by atoms with Crippen LogP contribution in [0.15, 0.2) is 28.8 Å². The Balaban J connectivity index is 1.46. The van der Waals surface area contributed by atoms with Gasteiger partial charge in [0.25, 0.3) is 5.89 Å². The number of halogens is 3. The van der Waals surface area contributed by atoms with Gasteiger partial charge in [0.2, 0.25) is 17.6 Å². The van der Waals surface area contributed by atoms with Crippen LogP contribution in [0.3, 0.4) is 0 Å². The maximum absolute atomic E-state index is 14.7. The number of alkyl halides is 1. The van der Waals surface area contributed by atoms with Crippen LogP contribution >= 0.6 is 0 Å². The zero-order valence-corrected chi connectivity index (χ0v) is 28.0. The van der Waals surface area contributed by atoms with Gasteiger partial charge in [-0.25, -0.2) is 18.0 Å². The molecule has 5 atom stereocenters. The molecule has 5 rings (SSSR count). The van der Waals surface area contributed by atoms with Gasteiger partial charge in [0, 0.05) is 24.6 Å². The number of rotatable bonds is 9. The maximum Gasteiger partial charge on any atom is 0.410 e. The summed E-state index contributed by atoms with van der Waals surface area (Å²) >= 11 is 0. The van der Waals surface area contributed by atoms with E-state index in [2.05, 4.69) is 26.2 Å². The van der Waals surface area contributed by atoms with Crippen LogP contribution in [0.25, 0.3) is 11.7 Å². The number of likely N-dealkylation sites (tertiary alicyclic amines) is 2. The molecule has 2 aliphatic rings. The third-order valence-electron chi connectivity index (χ3n) is 8.46. The average molecular weight is 672 g/mol. The van der Waals surface area contributed by atoms with Crippen molar-refractivity contribution in [1.82, 2.24) is 29.9 Å². The molecule has 0 aliphatic carbocycles. The Morgan fingerprint density at radius 1 is 1.10 bits per heavy atom. The molecule has 2 aromatic heterocycles. The van der Waals surface area contributed by atoms with Crippen molar-refractivity contribution < 1.29 is 36.7 Å². The van der Waals surface area contributed by atoms with E-state index in [1.165, 1.54) is 17.0 Å². The normalized spacial score (nSPS) is 22.4. The smallest absolute Gasteiger partial charge is 0.410 e. The fraction of sp³-hybridized carbons (Fsp3) is 0.576. The lowest BCUT2D eigenvalue weighted by molar-refractivity contribution is 0.0214. The highest BCUT2D eigenvalue weighted by atomic mass is 19.1. The summed E-state index contributed by atoms with van der Waals surface area (Å²) in [5.74, 6) is -1.66. The quantitative estimate of drug-likeness (QED) is 0.280. The summed E-state index contributed by atoms with van der Waals surface area (Å²) in [6.45, 7) is 10.6. The molecular weight excluding hydrogens is 631 g/mol. The van der Waals surface area contributed by atoms with Crippen LogP contribution in [0.2, 0.25) is 0 Å². The fourth-order valence-corrected chi connectivity index (χ4v) is 6.15. The molecule has 0 spiro atoms. The van der Waals surface area contributed by atoms with Gasteiger partial charge in [0.05, 0.1) is 36.6 Å². The Morgan fingerprint density at radius 2 is 1.79 bits per heavy atom. The molecule has 258 valence electrons. The van der Waals surface area contributed by atoms with Gasteiger partial charge in [-0.15, -0.1) is 0 Å². The lowest BCUT2D eigenvalue weighted by Gasteiger charge is -2.27. The van der Waals surface area contributed by atoms with E-state index in [1.807, 2.05) is 11.9 Å². The lowest BCUT2D eigenvalue weighted by Crippen LogP contribution is -2.40. The molecule has 15 heteroatoms. The number of nitriles is 1. The summed E-state index contributed by atoms with van der Waals surface area (Å²) in [6, 6.07) is 6.48. The van der Waals surface area contributed by atoms with Crippen LogP contribution in [0.4, 0.5) is 18.0 Å². The molecule has 4 heterocycles. The highest BCUT2D eigenvalue weighted by molar-refractivity contribution is 5.69. The van der Waals surface area contributed by atoms with Crippen LogP contribution in [0.1, 0.15) is 72.2 Å². The van der Waals surface area contributed by atoms with Crippen molar-refractivity contribution in [3.8, 4) is 29.5 Å². The van der Waals surface area contributed by atoms with Crippen molar-refractivity contribution in [2.24, 2.45) is 0 Å². The standard InChI is InChI=1S/C33H40F3N7O5/c1-18(24-13-19(34)16-42(24)7)45-25-15-26(46-21-14-20(11-12-37)43(17-21)31(44)47-32(2,3)4)39-28(38-25)29-40-30(41-48-29)33(5,6)27-22(35)9-8-10-23(27)36/h8-10,15,18-21,24H,11,13-14,16-17H2,1-7H3/t18-,19+,20+,21+,24-/m0/s1. The predicted molar refractivity (Wildman–Crippen MR) is 166 cm³/mol. The minimum Gasteiger partial charge on any atom is -0.473 e. The Hall–Kier alpha value is -4.45. The van der Waals surface area contributed by atoms with E-state index >= 15 is 0 Å². The van der Waals surface area contributed by atoms with Gasteiger partial charge >= 0.3 is 6.09 Å². The Kier molecular flexibility index (Phi) is 9.87. The molecule has 2 aliphatic heterocycles. The molecule has 1 amide bonds. The number of carbonyl (C=O) groups is 1. The number of ether oxygens (including phenoxy) is 3. The number of nitrogens with zero attached hydrogens (tertiary/aromatic N) is 7. The van der Waals surface area contributed by atoms with Gasteiger partial charge in [0.15, 0.2) is 5.82 Å². The second-order valence-corrected chi connectivity index (χ2v) is 13.8. The molecule has 12 nitrogen and oxygen atoms in total. The van der Waals surface area contributed by atoms with Crippen molar-refractivity contribution in [3.05, 3.63) is 47.3 Å². The van der Waals surface area contributed by atoms with Gasteiger partial charge < -0.3 is 23.6 Å². The molecule has 2 saturated heterocycles. The molecule has 1 aromatic carbocycles. The first kappa shape index (κ1) is 34.9. The molecule has 2 fully saturated rings. The molecule has 48 heavy (non-hydrogen) atoms. The number of hydrogen-bond donors (Lipinski definition) is 0. The number of carbonyl (C=O) groups excluding carboxylic acids is 1. The molecule has 0 N–H and O–H groups in total. The van der Waals surface area contributed by atoms with E-state index in [-0.39, 0.29) is 66.8 Å². The summed E-state index contributed by atoms with van der Waals surface area (Å²) < 4.78 is 67.1. The average Bonchev–Trinajstić information content (AvgIpc) is 3.71. The molecule has 0 radical (unpaired) electrons. The van der Waals surface area contributed by atoms with Crippen LogP contribution < -0.4 is 9.47 Å². The Labute approximate surface area is 277 Å². The summed E-state index contributed by atoms with van der Waals surface area (Å²) in [4.78, 5) is 29.6. The van der Waals surface area contributed by atoms with Crippen LogP contribution in [-0.2, 0) is 10.2 Å². The van der Waals surface area contributed by atoms with E-state index in [0.29, 0.717) is 6.42 Å². The highest BCUT2D eigenvalue weighted by Gasteiger charge is 2.40. The second kappa shape index (κ2) is 13.6. The van der Waals surface area contributed by atoms with Gasteiger partial charge in [-0.05, 0) is 67.1 Å². The maximum atomic E-state index is 14.7. The number of benzene rings is 1. The summed E-state index contributed by atoms with van der Waals surface area (Å²) in [7, 11) is 1.82. The van der Waals surface area contributed by atoms with Crippen LogP contribution in [-0.4, -0.2) is 92.2 Å². The molecular formula is C33H40F3N7O5. The van der Waals surface area contributed by atoms with Crippen molar-refractivity contribution in [1.29, 1.82) is 5.26 Å². The summed E-state index contributed by atoms with van der Waals surface area (Å²) in [5.41, 5.74) is -2.30. The summed E-state index contributed by atoms with van der Waals surface area (Å²) in [6.07, 6.45) is -1.91. The minimum absolute atomic E-state index is 0.0167. The monoisotopic (exact) mass is 671 g/mol. The molecule has 3 aromatic rings. The lowest BCUT2D eigenvalue weighted by atomic mass is 9.83. The van der Waals surface area contributed by atoms with Crippen LogP contribution in [0.5, 0.6) is 11.8 Å². The summed E-state index contributed by atoms with van der Waals surface area (Å²) in [5, 5.41) is 13.4. The van der Waals surface area contributed by atoms with E-state index in [1.54, 1.807) is 41.5 Å². The number of aromatic nitrogens is 4. The zero-order chi connectivity index (χ0) is 35.0. The van der Waals surface area contributed by atoms with Gasteiger partial charge in [-0.2, -0.15) is 20.2 Å². The van der Waals surface area contributed by atoms with E-state index in [4.69, 9.17) is 18.7 Å². The van der Waals surface area contributed by atoms with Crippen molar-refractivity contribution in [2.45, 2.75) is 102 Å². The van der Waals surface area contributed by atoms with E-state index < -0.39 is 53.2 Å². The first-order valence-corrected chi connectivity index (χ1v) is 15.8. The third kappa shape index (κ3) is 7.64. The SMILES string of the molecule is C[C@H](Oc1cc(O[C@@H]2C[C@@H](CC#N)N(C(=O)OC(C)(C)C)C2)nc(-c2nc(C(C)(C)c3c(F)cccc3F)no2)n1)[C@@H]1C[C@@H](F)CN1C. The van der Waals surface area contributed by atoms with Crippen molar-refractivity contribution >= 4 is 6.09 Å².